The van der Waals surface area contributed by atoms with Crippen molar-refractivity contribution in [2.75, 3.05) is 13.2 Å². The molecule has 0 bridgehead atoms. The maximum atomic E-state index is 5.34. The number of benzene rings is 1. The van der Waals surface area contributed by atoms with Gasteiger partial charge >= 0.3 is 0 Å². The van der Waals surface area contributed by atoms with Gasteiger partial charge in [-0.05, 0) is 37.0 Å². The second-order valence-corrected chi connectivity index (χ2v) is 5.21. The van der Waals surface area contributed by atoms with Crippen molar-refractivity contribution in [1.82, 2.24) is 5.32 Å². The fraction of sp³-hybridized carbons (Fsp3) is 0.538. The van der Waals surface area contributed by atoms with E-state index < -0.39 is 0 Å². The normalized spacial score (nSPS) is 17.6. The van der Waals surface area contributed by atoms with E-state index in [1.54, 1.807) is 0 Å². The summed E-state index contributed by atoms with van der Waals surface area (Å²) in [6.07, 6.45) is 2.26. The molecule has 16 heavy (non-hydrogen) atoms. The molecule has 88 valence electrons. The molecule has 0 aromatic heterocycles. The first-order valence-corrected chi connectivity index (χ1v) is 6.61. The summed E-state index contributed by atoms with van der Waals surface area (Å²) in [4.78, 5) is 0. The zero-order valence-corrected chi connectivity index (χ0v) is 11.2. The van der Waals surface area contributed by atoms with E-state index >= 15 is 0 Å². The van der Waals surface area contributed by atoms with Gasteiger partial charge in [0.05, 0.1) is 0 Å². The zero-order chi connectivity index (χ0) is 11.4. The first kappa shape index (κ1) is 12.1. The van der Waals surface area contributed by atoms with Crippen molar-refractivity contribution in [3.63, 3.8) is 0 Å². The molecular formula is C13H18BrNO. The van der Waals surface area contributed by atoms with Crippen LogP contribution in [0.3, 0.4) is 0 Å². The molecule has 1 N–H and O–H groups in total. The van der Waals surface area contributed by atoms with E-state index in [-0.39, 0.29) is 0 Å². The molecule has 0 unspecified atom stereocenters. The van der Waals surface area contributed by atoms with Gasteiger partial charge in [0.1, 0.15) is 0 Å². The lowest BCUT2D eigenvalue weighted by Crippen LogP contribution is -2.34. The molecule has 1 aromatic rings. The Hall–Kier alpha value is -0.380. The summed E-state index contributed by atoms with van der Waals surface area (Å²) in [6, 6.07) is 7.16. The van der Waals surface area contributed by atoms with Crippen LogP contribution in [-0.2, 0) is 11.3 Å². The Morgan fingerprint density at radius 3 is 2.81 bits per heavy atom. The van der Waals surface area contributed by atoms with Crippen LogP contribution in [0.2, 0.25) is 0 Å². The summed E-state index contributed by atoms with van der Waals surface area (Å²) in [6.45, 7) is 4.85. The predicted octanol–water partition coefficient (Wildman–Crippen LogP) is 3.03. The Labute approximate surface area is 106 Å². The Balaban J connectivity index is 1.86. The molecule has 0 amide bonds. The maximum absolute atomic E-state index is 5.34. The van der Waals surface area contributed by atoms with Gasteiger partial charge in [0.2, 0.25) is 0 Å². The molecule has 1 saturated heterocycles. The highest BCUT2D eigenvalue weighted by molar-refractivity contribution is 9.10. The highest BCUT2D eigenvalue weighted by Crippen LogP contribution is 2.17. The number of hydrogen-bond acceptors (Lipinski definition) is 2. The molecule has 1 heterocycles. The molecule has 0 radical (unpaired) electrons. The highest BCUT2D eigenvalue weighted by atomic mass is 79.9. The summed E-state index contributed by atoms with van der Waals surface area (Å²) in [5, 5.41) is 3.58. The Morgan fingerprint density at radius 2 is 2.12 bits per heavy atom. The topological polar surface area (TPSA) is 21.3 Å². The van der Waals surface area contributed by atoms with Crippen molar-refractivity contribution in [1.29, 1.82) is 0 Å². The van der Waals surface area contributed by atoms with Crippen LogP contribution in [0, 0.1) is 6.92 Å². The van der Waals surface area contributed by atoms with Gasteiger partial charge in [-0.1, -0.05) is 28.1 Å². The van der Waals surface area contributed by atoms with Crippen molar-refractivity contribution < 1.29 is 4.74 Å². The van der Waals surface area contributed by atoms with Gasteiger partial charge in [-0.15, -0.1) is 0 Å². The van der Waals surface area contributed by atoms with E-state index in [4.69, 9.17) is 4.74 Å². The second kappa shape index (κ2) is 5.80. The third-order valence-corrected chi connectivity index (χ3v) is 3.91. The van der Waals surface area contributed by atoms with Crippen LogP contribution in [-0.4, -0.2) is 19.3 Å². The van der Waals surface area contributed by atoms with Crippen molar-refractivity contribution >= 4 is 15.9 Å². The first-order valence-electron chi connectivity index (χ1n) is 5.82. The molecule has 2 rings (SSSR count). The molecule has 2 nitrogen and oxygen atoms in total. The predicted molar refractivity (Wildman–Crippen MR) is 69.6 cm³/mol. The van der Waals surface area contributed by atoms with E-state index in [1.807, 2.05) is 0 Å². The van der Waals surface area contributed by atoms with Gasteiger partial charge in [0.25, 0.3) is 0 Å². The maximum Gasteiger partial charge on any atom is 0.0480 e. The van der Waals surface area contributed by atoms with Gasteiger partial charge in [-0.25, -0.2) is 0 Å². The average molecular weight is 284 g/mol. The number of aryl methyl sites for hydroxylation is 1. The summed E-state index contributed by atoms with van der Waals surface area (Å²) < 4.78 is 6.53. The van der Waals surface area contributed by atoms with Crippen LogP contribution in [0.5, 0.6) is 0 Å². The monoisotopic (exact) mass is 283 g/mol. The number of halogens is 1. The van der Waals surface area contributed by atoms with Gasteiger partial charge in [0, 0.05) is 30.3 Å². The average Bonchev–Trinajstić information content (AvgIpc) is 2.32. The molecule has 1 aliphatic heterocycles. The molecular weight excluding hydrogens is 266 g/mol. The first-order chi connectivity index (χ1) is 7.75. The molecule has 0 spiro atoms. The third kappa shape index (κ3) is 3.30. The molecule has 0 saturated carbocycles. The zero-order valence-electron chi connectivity index (χ0n) is 9.63. The van der Waals surface area contributed by atoms with E-state index in [0.29, 0.717) is 6.04 Å². The van der Waals surface area contributed by atoms with Gasteiger partial charge in [-0.2, -0.15) is 0 Å². The number of rotatable bonds is 3. The van der Waals surface area contributed by atoms with E-state index in [1.165, 1.54) is 15.6 Å². The Morgan fingerprint density at radius 1 is 1.38 bits per heavy atom. The fourth-order valence-corrected chi connectivity index (χ4v) is 2.34. The minimum atomic E-state index is 0.619. The quantitative estimate of drug-likeness (QED) is 0.921. The summed E-state index contributed by atoms with van der Waals surface area (Å²) in [5.41, 5.74) is 2.62. The SMILES string of the molecule is Cc1ccc(CNC2CCOCC2)cc1Br. The van der Waals surface area contributed by atoms with Gasteiger partial charge < -0.3 is 10.1 Å². The van der Waals surface area contributed by atoms with Crippen LogP contribution >= 0.6 is 15.9 Å². The van der Waals surface area contributed by atoms with Crippen molar-refractivity contribution in [3.05, 3.63) is 33.8 Å². The lowest BCUT2D eigenvalue weighted by Gasteiger charge is -2.23. The molecule has 1 fully saturated rings. The van der Waals surface area contributed by atoms with Gasteiger partial charge in [-0.3, -0.25) is 0 Å². The lowest BCUT2D eigenvalue weighted by molar-refractivity contribution is 0.0776. The lowest BCUT2D eigenvalue weighted by atomic mass is 10.1. The minimum Gasteiger partial charge on any atom is -0.381 e. The number of hydrogen-bond donors (Lipinski definition) is 1. The van der Waals surface area contributed by atoms with Gasteiger partial charge in [0.15, 0.2) is 0 Å². The third-order valence-electron chi connectivity index (χ3n) is 3.05. The van der Waals surface area contributed by atoms with Crippen LogP contribution in [0.15, 0.2) is 22.7 Å². The molecule has 0 aliphatic carbocycles. The van der Waals surface area contributed by atoms with Crippen LogP contribution in [0.4, 0.5) is 0 Å². The summed E-state index contributed by atoms with van der Waals surface area (Å²) >= 11 is 3.56. The number of ether oxygens (including phenoxy) is 1. The summed E-state index contributed by atoms with van der Waals surface area (Å²) in [7, 11) is 0. The smallest absolute Gasteiger partial charge is 0.0480 e. The van der Waals surface area contributed by atoms with Crippen LogP contribution in [0.25, 0.3) is 0 Å². The molecule has 3 heteroatoms. The van der Waals surface area contributed by atoms with Crippen molar-refractivity contribution in [2.45, 2.75) is 32.4 Å². The van der Waals surface area contributed by atoms with Crippen molar-refractivity contribution in [2.24, 2.45) is 0 Å². The largest absolute Gasteiger partial charge is 0.381 e. The Kier molecular flexibility index (Phi) is 4.38. The highest BCUT2D eigenvalue weighted by Gasteiger charge is 2.12. The summed E-state index contributed by atoms with van der Waals surface area (Å²) in [5.74, 6) is 0. The van der Waals surface area contributed by atoms with Crippen molar-refractivity contribution in [3.8, 4) is 0 Å². The Bertz CT molecular complexity index is 348. The minimum absolute atomic E-state index is 0.619. The van der Waals surface area contributed by atoms with E-state index in [2.05, 4.69) is 46.4 Å². The fourth-order valence-electron chi connectivity index (χ4n) is 1.91. The van der Waals surface area contributed by atoms with Crippen LogP contribution in [0.1, 0.15) is 24.0 Å². The molecule has 0 atom stereocenters. The second-order valence-electron chi connectivity index (χ2n) is 4.35. The van der Waals surface area contributed by atoms with E-state index in [9.17, 15) is 0 Å². The van der Waals surface area contributed by atoms with E-state index in [0.717, 1.165) is 32.6 Å². The molecule has 1 aliphatic rings. The number of nitrogens with one attached hydrogen (secondary N) is 1. The van der Waals surface area contributed by atoms with Crippen LogP contribution < -0.4 is 5.32 Å². The molecule has 1 aromatic carbocycles. The standard InChI is InChI=1S/C13H18BrNO/c1-10-2-3-11(8-13(10)14)9-15-12-4-6-16-7-5-12/h2-3,8,12,15H,4-7,9H2,1H3.